The molecular formula is C22H26FN3S. The Balaban J connectivity index is 1.49. The molecule has 0 fully saturated rings. The molecule has 0 aliphatic carbocycles. The van der Waals surface area contributed by atoms with E-state index in [1.165, 1.54) is 23.3 Å². The van der Waals surface area contributed by atoms with E-state index in [0.717, 1.165) is 49.0 Å². The number of hydrogen-bond acceptors (Lipinski definition) is 4. The van der Waals surface area contributed by atoms with Crippen molar-refractivity contribution in [1.82, 2.24) is 15.2 Å². The maximum atomic E-state index is 13.0. The zero-order valence-corrected chi connectivity index (χ0v) is 16.7. The van der Waals surface area contributed by atoms with Crippen molar-refractivity contribution in [3.8, 4) is 10.6 Å². The molecule has 142 valence electrons. The van der Waals surface area contributed by atoms with E-state index in [1.54, 1.807) is 23.5 Å². The predicted molar refractivity (Wildman–Crippen MR) is 111 cm³/mol. The molecule has 0 spiro atoms. The maximum absolute atomic E-state index is 13.0. The second-order valence-corrected chi connectivity index (χ2v) is 7.39. The number of rotatable bonds is 9. The average Bonchev–Trinajstić information content (AvgIpc) is 3.17. The zero-order valence-electron chi connectivity index (χ0n) is 15.9. The minimum absolute atomic E-state index is 0.222. The highest BCUT2D eigenvalue weighted by Crippen LogP contribution is 2.23. The van der Waals surface area contributed by atoms with Gasteiger partial charge < -0.3 is 5.32 Å². The maximum Gasteiger partial charge on any atom is 0.123 e. The van der Waals surface area contributed by atoms with Crippen molar-refractivity contribution in [2.45, 2.75) is 33.5 Å². The standard InChI is InChI=1S/C22H26FN3S/c1-3-26(4-2)15-18-7-5-17(6-8-18)13-24-14-21-16-27-22(25-21)19-9-11-20(23)12-10-19/h5-12,16,24H,3-4,13-15H2,1-2H3. The number of nitrogens with zero attached hydrogens (tertiary/aromatic N) is 2. The van der Waals surface area contributed by atoms with Gasteiger partial charge in [0.25, 0.3) is 0 Å². The van der Waals surface area contributed by atoms with Gasteiger partial charge in [0.15, 0.2) is 0 Å². The highest BCUT2D eigenvalue weighted by Gasteiger charge is 2.05. The molecule has 1 N–H and O–H groups in total. The molecule has 5 heteroatoms. The van der Waals surface area contributed by atoms with Crippen LogP contribution in [-0.4, -0.2) is 23.0 Å². The van der Waals surface area contributed by atoms with Crippen LogP contribution in [-0.2, 0) is 19.6 Å². The van der Waals surface area contributed by atoms with Gasteiger partial charge in [0.2, 0.25) is 0 Å². The van der Waals surface area contributed by atoms with Crippen LogP contribution in [0.5, 0.6) is 0 Å². The second kappa shape index (κ2) is 9.74. The molecule has 0 amide bonds. The van der Waals surface area contributed by atoms with E-state index in [9.17, 15) is 4.39 Å². The lowest BCUT2D eigenvalue weighted by molar-refractivity contribution is 0.296. The summed E-state index contributed by atoms with van der Waals surface area (Å²) in [7, 11) is 0. The van der Waals surface area contributed by atoms with E-state index in [4.69, 9.17) is 0 Å². The van der Waals surface area contributed by atoms with E-state index < -0.39 is 0 Å². The van der Waals surface area contributed by atoms with Crippen LogP contribution in [0.15, 0.2) is 53.9 Å². The van der Waals surface area contributed by atoms with E-state index in [-0.39, 0.29) is 5.82 Å². The Morgan fingerprint density at radius 1 is 0.926 bits per heavy atom. The lowest BCUT2D eigenvalue weighted by atomic mass is 10.1. The summed E-state index contributed by atoms with van der Waals surface area (Å²) in [6, 6.07) is 15.3. The summed E-state index contributed by atoms with van der Waals surface area (Å²) in [5.41, 5.74) is 4.59. The number of benzene rings is 2. The Bertz CT molecular complexity index is 824. The molecule has 0 aliphatic rings. The molecule has 0 atom stereocenters. The van der Waals surface area contributed by atoms with Crippen LogP contribution < -0.4 is 5.32 Å². The van der Waals surface area contributed by atoms with E-state index in [2.05, 4.69) is 58.7 Å². The van der Waals surface area contributed by atoms with Gasteiger partial charge in [-0.2, -0.15) is 0 Å². The van der Waals surface area contributed by atoms with Crippen LogP contribution in [0.1, 0.15) is 30.7 Å². The number of aromatic nitrogens is 1. The zero-order chi connectivity index (χ0) is 19.1. The Morgan fingerprint density at radius 3 is 2.26 bits per heavy atom. The smallest absolute Gasteiger partial charge is 0.123 e. The molecule has 2 aromatic carbocycles. The number of halogens is 1. The number of nitrogens with one attached hydrogen (secondary N) is 1. The average molecular weight is 384 g/mol. The summed E-state index contributed by atoms with van der Waals surface area (Å²) in [5.74, 6) is -0.222. The summed E-state index contributed by atoms with van der Waals surface area (Å²) in [6.45, 7) is 9.09. The monoisotopic (exact) mass is 383 g/mol. The molecule has 0 radical (unpaired) electrons. The van der Waals surface area contributed by atoms with Gasteiger partial charge in [0.05, 0.1) is 5.69 Å². The molecule has 0 saturated carbocycles. The van der Waals surface area contributed by atoms with Crippen molar-refractivity contribution < 1.29 is 4.39 Å². The number of hydrogen-bond donors (Lipinski definition) is 1. The van der Waals surface area contributed by atoms with Crippen molar-refractivity contribution >= 4 is 11.3 Å². The molecule has 0 unspecified atom stereocenters. The van der Waals surface area contributed by atoms with E-state index in [1.807, 2.05) is 0 Å². The van der Waals surface area contributed by atoms with Crippen LogP contribution in [0.3, 0.4) is 0 Å². The van der Waals surface area contributed by atoms with Gasteiger partial charge in [-0.25, -0.2) is 9.37 Å². The third kappa shape index (κ3) is 5.70. The van der Waals surface area contributed by atoms with Gasteiger partial charge in [-0.1, -0.05) is 38.1 Å². The SMILES string of the molecule is CCN(CC)Cc1ccc(CNCc2csc(-c3ccc(F)cc3)n2)cc1. The second-order valence-electron chi connectivity index (χ2n) is 6.53. The summed E-state index contributed by atoms with van der Waals surface area (Å²) in [4.78, 5) is 7.05. The van der Waals surface area contributed by atoms with Gasteiger partial charge in [-0.15, -0.1) is 11.3 Å². The first kappa shape index (κ1) is 19.7. The largest absolute Gasteiger partial charge is 0.307 e. The molecule has 3 rings (SSSR count). The van der Waals surface area contributed by atoms with Crippen LogP contribution in [0.2, 0.25) is 0 Å². The van der Waals surface area contributed by atoms with E-state index >= 15 is 0 Å². The van der Waals surface area contributed by atoms with Gasteiger partial charge >= 0.3 is 0 Å². The lowest BCUT2D eigenvalue weighted by Crippen LogP contribution is -2.22. The van der Waals surface area contributed by atoms with Crippen LogP contribution in [0.4, 0.5) is 4.39 Å². The normalized spacial score (nSPS) is 11.3. The van der Waals surface area contributed by atoms with Gasteiger partial charge in [0.1, 0.15) is 10.8 Å². The first-order chi connectivity index (χ1) is 13.2. The van der Waals surface area contributed by atoms with Crippen molar-refractivity contribution in [3.63, 3.8) is 0 Å². The van der Waals surface area contributed by atoms with Gasteiger partial charge in [0, 0.05) is 30.6 Å². The minimum Gasteiger partial charge on any atom is -0.307 e. The number of thiazole rings is 1. The van der Waals surface area contributed by atoms with Gasteiger partial charge in [-0.3, -0.25) is 4.90 Å². The molecule has 1 aromatic heterocycles. The van der Waals surface area contributed by atoms with Crippen LogP contribution in [0, 0.1) is 5.82 Å². The quantitative estimate of drug-likeness (QED) is 0.558. The Kier molecular flexibility index (Phi) is 7.10. The summed E-state index contributed by atoms with van der Waals surface area (Å²) >= 11 is 1.59. The molecule has 0 saturated heterocycles. The van der Waals surface area contributed by atoms with Crippen molar-refractivity contribution in [1.29, 1.82) is 0 Å². The molecule has 3 aromatic rings. The Labute approximate surface area is 164 Å². The Hall–Kier alpha value is -2.08. The highest BCUT2D eigenvalue weighted by atomic mass is 32.1. The molecule has 1 heterocycles. The third-order valence-electron chi connectivity index (χ3n) is 4.60. The molecule has 3 nitrogen and oxygen atoms in total. The molecular weight excluding hydrogens is 357 g/mol. The first-order valence-electron chi connectivity index (χ1n) is 9.39. The molecule has 0 bridgehead atoms. The minimum atomic E-state index is -0.222. The summed E-state index contributed by atoms with van der Waals surface area (Å²) < 4.78 is 13.0. The fourth-order valence-electron chi connectivity index (χ4n) is 2.92. The third-order valence-corrected chi connectivity index (χ3v) is 5.54. The summed E-state index contributed by atoms with van der Waals surface area (Å²) in [5, 5.41) is 6.43. The van der Waals surface area contributed by atoms with E-state index in [0.29, 0.717) is 0 Å². The fourth-order valence-corrected chi connectivity index (χ4v) is 3.74. The van der Waals surface area contributed by atoms with Crippen molar-refractivity contribution in [2.24, 2.45) is 0 Å². The fraction of sp³-hybridized carbons (Fsp3) is 0.318. The first-order valence-corrected chi connectivity index (χ1v) is 10.3. The Morgan fingerprint density at radius 2 is 1.59 bits per heavy atom. The lowest BCUT2D eigenvalue weighted by Gasteiger charge is -2.18. The van der Waals surface area contributed by atoms with Crippen LogP contribution >= 0.6 is 11.3 Å². The van der Waals surface area contributed by atoms with Crippen LogP contribution in [0.25, 0.3) is 10.6 Å². The summed E-state index contributed by atoms with van der Waals surface area (Å²) in [6.07, 6.45) is 0. The topological polar surface area (TPSA) is 28.2 Å². The molecule has 0 aliphatic heterocycles. The predicted octanol–water partition coefficient (Wildman–Crippen LogP) is 5.08. The van der Waals surface area contributed by atoms with Gasteiger partial charge in [-0.05, 0) is 48.5 Å². The van der Waals surface area contributed by atoms with Crippen molar-refractivity contribution in [2.75, 3.05) is 13.1 Å². The highest BCUT2D eigenvalue weighted by molar-refractivity contribution is 7.13. The van der Waals surface area contributed by atoms with Crippen molar-refractivity contribution in [3.05, 3.63) is 76.5 Å². The molecule has 27 heavy (non-hydrogen) atoms.